The molecule has 2 aromatic carbocycles. The van der Waals surface area contributed by atoms with Gasteiger partial charge in [0.05, 0.1) is 6.10 Å². The summed E-state index contributed by atoms with van der Waals surface area (Å²) in [6, 6.07) is 14.3. The Labute approximate surface area is 124 Å². The SMILES string of the molecule is CC(C)(c1ccccc1)C(O)Cc1ccc(Cl)cc1F. The molecule has 3 heteroatoms. The smallest absolute Gasteiger partial charge is 0.127 e. The Morgan fingerprint density at radius 3 is 2.40 bits per heavy atom. The molecule has 0 aliphatic heterocycles. The minimum atomic E-state index is -0.680. The van der Waals surface area contributed by atoms with Crippen molar-refractivity contribution in [1.82, 2.24) is 0 Å². The van der Waals surface area contributed by atoms with E-state index in [0.717, 1.165) is 5.56 Å². The number of rotatable bonds is 4. The van der Waals surface area contributed by atoms with Gasteiger partial charge >= 0.3 is 0 Å². The quantitative estimate of drug-likeness (QED) is 0.888. The molecule has 0 aliphatic rings. The number of hydrogen-bond acceptors (Lipinski definition) is 1. The maximum absolute atomic E-state index is 13.8. The summed E-state index contributed by atoms with van der Waals surface area (Å²) < 4.78 is 13.8. The lowest BCUT2D eigenvalue weighted by atomic mass is 9.77. The van der Waals surface area contributed by atoms with E-state index in [1.807, 2.05) is 44.2 Å². The Morgan fingerprint density at radius 1 is 1.15 bits per heavy atom. The van der Waals surface area contributed by atoms with Crippen molar-refractivity contribution in [2.75, 3.05) is 0 Å². The van der Waals surface area contributed by atoms with Crippen LogP contribution in [-0.2, 0) is 11.8 Å². The lowest BCUT2D eigenvalue weighted by Gasteiger charge is -2.31. The first-order valence-corrected chi connectivity index (χ1v) is 6.96. The highest BCUT2D eigenvalue weighted by molar-refractivity contribution is 6.30. The van der Waals surface area contributed by atoms with E-state index in [4.69, 9.17) is 11.6 Å². The van der Waals surface area contributed by atoms with Crippen molar-refractivity contribution in [2.45, 2.75) is 31.8 Å². The summed E-state index contributed by atoms with van der Waals surface area (Å²) >= 11 is 5.74. The average molecular weight is 293 g/mol. The van der Waals surface area contributed by atoms with Gasteiger partial charge in [0.15, 0.2) is 0 Å². The maximum atomic E-state index is 13.8. The van der Waals surface area contributed by atoms with E-state index in [9.17, 15) is 9.50 Å². The molecule has 0 aliphatic carbocycles. The van der Waals surface area contributed by atoms with Crippen molar-refractivity contribution >= 4 is 11.6 Å². The van der Waals surface area contributed by atoms with Gasteiger partial charge in [-0.05, 0) is 23.3 Å². The molecule has 0 radical (unpaired) electrons. The molecule has 0 spiro atoms. The van der Waals surface area contributed by atoms with Gasteiger partial charge in [0.25, 0.3) is 0 Å². The zero-order valence-corrected chi connectivity index (χ0v) is 12.4. The fourth-order valence-corrected chi connectivity index (χ4v) is 2.37. The zero-order chi connectivity index (χ0) is 14.8. The third-order valence-corrected chi connectivity index (χ3v) is 4.01. The monoisotopic (exact) mass is 292 g/mol. The van der Waals surface area contributed by atoms with Gasteiger partial charge in [0, 0.05) is 16.9 Å². The molecule has 0 aromatic heterocycles. The van der Waals surface area contributed by atoms with E-state index in [1.54, 1.807) is 12.1 Å². The van der Waals surface area contributed by atoms with E-state index in [1.165, 1.54) is 6.07 Å². The van der Waals surface area contributed by atoms with Gasteiger partial charge in [-0.2, -0.15) is 0 Å². The minimum absolute atomic E-state index is 0.255. The number of aliphatic hydroxyl groups excluding tert-OH is 1. The van der Waals surface area contributed by atoms with Gasteiger partial charge in [-0.3, -0.25) is 0 Å². The standard InChI is InChI=1S/C17H18ClFO/c1-17(2,13-6-4-3-5-7-13)16(20)10-12-8-9-14(18)11-15(12)19/h3-9,11,16,20H,10H2,1-2H3. The van der Waals surface area contributed by atoms with E-state index >= 15 is 0 Å². The topological polar surface area (TPSA) is 20.2 Å². The van der Waals surface area contributed by atoms with Crippen LogP contribution >= 0.6 is 11.6 Å². The summed E-state index contributed by atoms with van der Waals surface area (Å²) in [6.07, 6.45) is -0.425. The number of halogens is 2. The second-order valence-electron chi connectivity index (χ2n) is 5.54. The predicted molar refractivity (Wildman–Crippen MR) is 80.6 cm³/mol. The molecule has 0 saturated carbocycles. The third-order valence-electron chi connectivity index (χ3n) is 3.78. The average Bonchev–Trinajstić information content (AvgIpc) is 2.42. The summed E-state index contributed by atoms with van der Waals surface area (Å²) in [4.78, 5) is 0. The molecule has 0 heterocycles. The predicted octanol–water partition coefficient (Wildman–Crippen LogP) is 4.36. The van der Waals surface area contributed by atoms with E-state index in [0.29, 0.717) is 10.6 Å². The summed E-state index contributed by atoms with van der Waals surface area (Å²) in [7, 11) is 0. The van der Waals surface area contributed by atoms with Crippen LogP contribution in [0.5, 0.6) is 0 Å². The molecular formula is C17H18ClFO. The molecule has 1 atom stereocenters. The van der Waals surface area contributed by atoms with Crippen molar-refractivity contribution < 1.29 is 9.50 Å². The van der Waals surface area contributed by atoms with Crippen LogP contribution in [0, 0.1) is 5.82 Å². The van der Waals surface area contributed by atoms with Crippen LogP contribution in [0.2, 0.25) is 5.02 Å². The van der Waals surface area contributed by atoms with Crippen molar-refractivity contribution in [3.63, 3.8) is 0 Å². The highest BCUT2D eigenvalue weighted by atomic mass is 35.5. The molecular weight excluding hydrogens is 275 g/mol. The Balaban J connectivity index is 2.21. The summed E-state index contributed by atoms with van der Waals surface area (Å²) in [5.41, 5.74) is 1.06. The lowest BCUT2D eigenvalue weighted by molar-refractivity contribution is 0.0991. The first kappa shape index (κ1) is 15.0. The van der Waals surface area contributed by atoms with Crippen LogP contribution in [0.3, 0.4) is 0 Å². The van der Waals surface area contributed by atoms with Crippen molar-refractivity contribution in [3.8, 4) is 0 Å². The molecule has 106 valence electrons. The second kappa shape index (κ2) is 5.94. The Morgan fingerprint density at radius 2 is 1.80 bits per heavy atom. The highest BCUT2D eigenvalue weighted by Gasteiger charge is 2.30. The fourth-order valence-electron chi connectivity index (χ4n) is 2.21. The van der Waals surface area contributed by atoms with Gasteiger partial charge in [-0.25, -0.2) is 4.39 Å². The van der Waals surface area contributed by atoms with Crippen molar-refractivity contribution in [1.29, 1.82) is 0 Å². The minimum Gasteiger partial charge on any atom is -0.392 e. The second-order valence-corrected chi connectivity index (χ2v) is 5.98. The molecule has 1 N–H and O–H groups in total. The van der Waals surface area contributed by atoms with Gasteiger partial charge in [-0.15, -0.1) is 0 Å². The summed E-state index contributed by atoms with van der Waals surface area (Å²) in [5, 5.41) is 10.8. The van der Waals surface area contributed by atoms with E-state index < -0.39 is 11.5 Å². The molecule has 0 saturated heterocycles. The Kier molecular flexibility index (Phi) is 4.46. The number of hydrogen-bond donors (Lipinski definition) is 1. The van der Waals surface area contributed by atoms with Crippen molar-refractivity contribution in [3.05, 3.63) is 70.5 Å². The molecule has 2 aromatic rings. The third kappa shape index (κ3) is 3.20. The highest BCUT2D eigenvalue weighted by Crippen LogP contribution is 2.29. The number of benzene rings is 2. The van der Waals surface area contributed by atoms with E-state index in [2.05, 4.69) is 0 Å². The normalized spacial score (nSPS) is 13.2. The van der Waals surface area contributed by atoms with Gasteiger partial charge in [-0.1, -0.05) is 61.8 Å². The summed E-state index contributed by atoms with van der Waals surface area (Å²) in [6.45, 7) is 3.92. The molecule has 1 nitrogen and oxygen atoms in total. The lowest BCUT2D eigenvalue weighted by Crippen LogP contribution is -2.35. The first-order valence-electron chi connectivity index (χ1n) is 6.59. The first-order chi connectivity index (χ1) is 9.41. The molecule has 20 heavy (non-hydrogen) atoms. The van der Waals surface area contributed by atoms with Crippen LogP contribution in [0.25, 0.3) is 0 Å². The molecule has 0 amide bonds. The van der Waals surface area contributed by atoms with Crippen LogP contribution in [0.1, 0.15) is 25.0 Å². The molecule has 0 bridgehead atoms. The van der Waals surface area contributed by atoms with Crippen LogP contribution in [0.15, 0.2) is 48.5 Å². The van der Waals surface area contributed by atoms with Crippen LogP contribution in [0.4, 0.5) is 4.39 Å². The number of aliphatic hydroxyl groups is 1. The molecule has 1 unspecified atom stereocenters. The van der Waals surface area contributed by atoms with E-state index in [-0.39, 0.29) is 12.2 Å². The van der Waals surface area contributed by atoms with Gasteiger partial charge < -0.3 is 5.11 Å². The van der Waals surface area contributed by atoms with Gasteiger partial charge in [0.1, 0.15) is 5.82 Å². The summed E-state index contributed by atoms with van der Waals surface area (Å²) in [5.74, 6) is -0.375. The van der Waals surface area contributed by atoms with Crippen LogP contribution < -0.4 is 0 Å². The molecule has 2 rings (SSSR count). The fraction of sp³-hybridized carbons (Fsp3) is 0.294. The van der Waals surface area contributed by atoms with Crippen LogP contribution in [-0.4, -0.2) is 11.2 Å². The Hall–Kier alpha value is -1.38. The largest absolute Gasteiger partial charge is 0.392 e. The van der Waals surface area contributed by atoms with Gasteiger partial charge in [0.2, 0.25) is 0 Å². The Bertz CT molecular complexity index is 581. The molecule has 0 fully saturated rings. The van der Waals surface area contributed by atoms with Crippen molar-refractivity contribution in [2.24, 2.45) is 0 Å². The zero-order valence-electron chi connectivity index (χ0n) is 11.6. The maximum Gasteiger partial charge on any atom is 0.127 e.